The summed E-state index contributed by atoms with van der Waals surface area (Å²) >= 11 is 6.05. The lowest BCUT2D eigenvalue weighted by Crippen LogP contribution is -2.27. The van der Waals surface area contributed by atoms with Crippen LogP contribution in [0.1, 0.15) is 28.9 Å². The van der Waals surface area contributed by atoms with Crippen molar-refractivity contribution in [3.05, 3.63) is 40.7 Å². The fourth-order valence-corrected chi connectivity index (χ4v) is 4.07. The lowest BCUT2D eigenvalue weighted by molar-refractivity contribution is 0.0787. The number of H-pyrrole nitrogens is 1. The maximum absolute atomic E-state index is 12.7. The molecule has 1 aromatic carbocycles. The number of aromatic nitrogens is 1. The zero-order valence-corrected chi connectivity index (χ0v) is 16.1. The third-order valence-corrected chi connectivity index (χ3v) is 6.07. The van der Waals surface area contributed by atoms with Gasteiger partial charge in [0.15, 0.2) is 0 Å². The van der Waals surface area contributed by atoms with Crippen LogP contribution < -0.4 is 9.46 Å². The first-order chi connectivity index (χ1) is 12.3. The van der Waals surface area contributed by atoms with Crippen LogP contribution in [0.3, 0.4) is 0 Å². The number of halogens is 1. The molecule has 26 heavy (non-hydrogen) atoms. The minimum atomic E-state index is -3.89. The van der Waals surface area contributed by atoms with Gasteiger partial charge in [0, 0.05) is 30.4 Å². The van der Waals surface area contributed by atoms with E-state index in [0.717, 1.165) is 12.8 Å². The van der Waals surface area contributed by atoms with E-state index in [4.69, 9.17) is 16.3 Å². The van der Waals surface area contributed by atoms with Gasteiger partial charge in [-0.2, -0.15) is 0 Å². The number of benzene rings is 1. The first-order valence-electron chi connectivity index (χ1n) is 8.16. The molecule has 2 heterocycles. The van der Waals surface area contributed by atoms with Crippen LogP contribution in [-0.4, -0.2) is 44.4 Å². The highest BCUT2D eigenvalue weighted by Crippen LogP contribution is 2.32. The molecule has 0 aliphatic carbocycles. The highest BCUT2D eigenvalue weighted by molar-refractivity contribution is 7.92. The highest BCUT2D eigenvalue weighted by Gasteiger charge is 2.24. The number of nitrogens with zero attached hydrogens (tertiary/aromatic N) is 1. The van der Waals surface area contributed by atoms with Crippen molar-refractivity contribution >= 4 is 33.2 Å². The van der Waals surface area contributed by atoms with Crippen molar-refractivity contribution in [1.82, 2.24) is 9.88 Å². The molecule has 2 aromatic rings. The molecular formula is C17H20ClN3O4S. The van der Waals surface area contributed by atoms with E-state index in [-0.39, 0.29) is 22.2 Å². The largest absolute Gasteiger partial charge is 0.495 e. The van der Waals surface area contributed by atoms with Crippen LogP contribution in [0.4, 0.5) is 5.69 Å². The number of aromatic amines is 1. The van der Waals surface area contributed by atoms with Gasteiger partial charge >= 0.3 is 0 Å². The van der Waals surface area contributed by atoms with Crippen molar-refractivity contribution in [2.45, 2.75) is 24.7 Å². The molecule has 0 radical (unpaired) electrons. The number of nitrogens with one attached hydrogen (secondary N) is 2. The molecule has 1 amide bonds. The lowest BCUT2D eigenvalue weighted by atomic mass is 10.2. The average Bonchev–Trinajstić information content (AvgIpc) is 3.29. The number of methoxy groups -OCH3 is 1. The molecule has 1 saturated heterocycles. The van der Waals surface area contributed by atoms with E-state index in [1.165, 1.54) is 19.4 Å². The Kier molecular flexibility index (Phi) is 5.15. The summed E-state index contributed by atoms with van der Waals surface area (Å²) in [6, 6.07) is 4.49. The lowest BCUT2D eigenvalue weighted by Gasteiger charge is -2.13. The second kappa shape index (κ2) is 7.20. The van der Waals surface area contributed by atoms with E-state index >= 15 is 0 Å². The zero-order chi connectivity index (χ0) is 18.9. The van der Waals surface area contributed by atoms with Crippen molar-refractivity contribution < 1.29 is 17.9 Å². The van der Waals surface area contributed by atoms with Crippen LogP contribution in [0.25, 0.3) is 0 Å². The van der Waals surface area contributed by atoms with Gasteiger partial charge in [0.25, 0.3) is 15.9 Å². The molecule has 2 N–H and O–H groups in total. The highest BCUT2D eigenvalue weighted by atomic mass is 35.5. The number of likely N-dealkylation sites (tertiary alicyclic amines) is 1. The summed E-state index contributed by atoms with van der Waals surface area (Å²) in [5.41, 5.74) is 1.25. The van der Waals surface area contributed by atoms with Crippen molar-refractivity contribution in [2.75, 3.05) is 24.9 Å². The minimum absolute atomic E-state index is 0.0188. The van der Waals surface area contributed by atoms with Crippen molar-refractivity contribution in [2.24, 2.45) is 0 Å². The summed E-state index contributed by atoms with van der Waals surface area (Å²) in [6.45, 7) is 3.15. The molecule has 1 aromatic heterocycles. The molecule has 140 valence electrons. The molecule has 0 unspecified atom stereocenters. The maximum Gasteiger partial charge on any atom is 0.270 e. The van der Waals surface area contributed by atoms with Crippen LogP contribution in [0.15, 0.2) is 29.3 Å². The van der Waals surface area contributed by atoms with E-state index < -0.39 is 10.0 Å². The van der Waals surface area contributed by atoms with Gasteiger partial charge < -0.3 is 14.6 Å². The quantitative estimate of drug-likeness (QED) is 0.811. The van der Waals surface area contributed by atoms with Gasteiger partial charge in [0.2, 0.25) is 0 Å². The van der Waals surface area contributed by atoms with Gasteiger partial charge in [-0.15, -0.1) is 0 Å². The summed E-state index contributed by atoms with van der Waals surface area (Å²) in [6.07, 6.45) is 3.24. The second-order valence-corrected chi connectivity index (χ2v) is 8.25. The standard InChI is InChI=1S/C17H20ClN3O4S/c1-11-7-14(16(25-2)9-13(11)18)20-26(23,24)12-8-15(19-10-12)17(22)21-5-3-4-6-21/h7-10,19-20H,3-6H2,1-2H3. The Labute approximate surface area is 157 Å². The van der Waals surface area contributed by atoms with Gasteiger partial charge in [-0.05, 0) is 37.5 Å². The summed E-state index contributed by atoms with van der Waals surface area (Å²) in [7, 11) is -2.45. The molecule has 3 rings (SSSR count). The van der Waals surface area contributed by atoms with Crippen LogP contribution in [-0.2, 0) is 10.0 Å². The summed E-state index contributed by atoms with van der Waals surface area (Å²) in [5.74, 6) is 0.122. The number of hydrogen-bond donors (Lipinski definition) is 2. The van der Waals surface area contributed by atoms with Gasteiger partial charge in [0.05, 0.1) is 12.8 Å². The molecule has 1 aliphatic heterocycles. The number of anilines is 1. The molecule has 0 atom stereocenters. The Morgan fingerprint density at radius 3 is 2.62 bits per heavy atom. The van der Waals surface area contributed by atoms with Gasteiger partial charge in [0.1, 0.15) is 16.3 Å². The fraction of sp³-hybridized carbons (Fsp3) is 0.353. The Morgan fingerprint density at radius 2 is 1.96 bits per heavy atom. The molecule has 0 spiro atoms. The Hall–Kier alpha value is -2.19. The number of ether oxygens (including phenoxy) is 1. The number of carbonyl (C=O) groups excluding carboxylic acids is 1. The number of amides is 1. The third kappa shape index (κ3) is 3.66. The fourth-order valence-electron chi connectivity index (χ4n) is 2.86. The molecule has 7 nitrogen and oxygen atoms in total. The van der Waals surface area contributed by atoms with E-state index in [0.29, 0.717) is 29.4 Å². The number of aryl methyl sites for hydroxylation is 1. The Balaban J connectivity index is 1.85. The summed E-state index contributed by atoms with van der Waals surface area (Å²) < 4.78 is 33.0. The smallest absolute Gasteiger partial charge is 0.270 e. The number of rotatable bonds is 5. The molecule has 9 heteroatoms. The predicted octanol–water partition coefficient (Wildman–Crippen LogP) is 3.02. The number of carbonyl (C=O) groups is 1. The van der Waals surface area contributed by atoms with Crippen LogP contribution in [0.2, 0.25) is 5.02 Å². The van der Waals surface area contributed by atoms with Crippen molar-refractivity contribution in [3.63, 3.8) is 0 Å². The van der Waals surface area contributed by atoms with Crippen LogP contribution in [0.5, 0.6) is 5.75 Å². The van der Waals surface area contributed by atoms with Gasteiger partial charge in [-0.3, -0.25) is 9.52 Å². The summed E-state index contributed by atoms with van der Waals surface area (Å²) in [5, 5.41) is 0.477. The summed E-state index contributed by atoms with van der Waals surface area (Å²) in [4.78, 5) is 16.8. The minimum Gasteiger partial charge on any atom is -0.495 e. The average molecular weight is 398 g/mol. The van der Waals surface area contributed by atoms with Gasteiger partial charge in [-0.1, -0.05) is 11.6 Å². The monoisotopic (exact) mass is 397 g/mol. The van der Waals surface area contributed by atoms with Crippen molar-refractivity contribution in [1.29, 1.82) is 0 Å². The zero-order valence-electron chi connectivity index (χ0n) is 14.5. The van der Waals surface area contributed by atoms with E-state index in [1.807, 2.05) is 0 Å². The first kappa shape index (κ1) is 18.6. The van der Waals surface area contributed by atoms with Gasteiger partial charge in [-0.25, -0.2) is 8.42 Å². The number of sulfonamides is 1. The van der Waals surface area contributed by atoms with E-state index in [9.17, 15) is 13.2 Å². The number of hydrogen-bond acceptors (Lipinski definition) is 4. The normalized spacial score (nSPS) is 14.5. The van der Waals surface area contributed by atoms with E-state index in [1.54, 1.807) is 24.0 Å². The molecular weight excluding hydrogens is 378 g/mol. The molecule has 0 saturated carbocycles. The second-order valence-electron chi connectivity index (χ2n) is 6.16. The molecule has 0 bridgehead atoms. The molecule has 1 aliphatic rings. The topological polar surface area (TPSA) is 91.5 Å². The molecule has 1 fully saturated rings. The Morgan fingerprint density at radius 1 is 1.27 bits per heavy atom. The van der Waals surface area contributed by atoms with E-state index in [2.05, 4.69) is 9.71 Å². The van der Waals surface area contributed by atoms with Crippen molar-refractivity contribution in [3.8, 4) is 5.75 Å². The SMILES string of the molecule is COc1cc(Cl)c(C)cc1NS(=O)(=O)c1c[nH]c(C(=O)N2CCCC2)c1. The predicted molar refractivity (Wildman–Crippen MR) is 99.5 cm³/mol. The Bertz CT molecular complexity index is 933. The maximum atomic E-state index is 12.7. The van der Waals surface area contributed by atoms with Crippen LogP contribution in [0, 0.1) is 6.92 Å². The van der Waals surface area contributed by atoms with Crippen LogP contribution >= 0.6 is 11.6 Å². The first-order valence-corrected chi connectivity index (χ1v) is 10.0. The third-order valence-electron chi connectivity index (χ3n) is 4.32.